The smallest absolute Gasteiger partial charge is 0.336 e. The SMILES string of the molecule is Cc1cc(=O)oc2cc(OCC(C)(C)CBr)ccc12. The van der Waals surface area contributed by atoms with Crippen LogP contribution < -0.4 is 10.4 Å². The van der Waals surface area contributed by atoms with Crippen LogP contribution in [-0.4, -0.2) is 11.9 Å². The topological polar surface area (TPSA) is 39.4 Å². The van der Waals surface area contributed by atoms with Gasteiger partial charge in [-0.1, -0.05) is 29.8 Å². The fourth-order valence-electron chi connectivity index (χ4n) is 1.71. The van der Waals surface area contributed by atoms with Gasteiger partial charge < -0.3 is 9.15 Å². The Morgan fingerprint density at radius 1 is 1.32 bits per heavy atom. The highest BCUT2D eigenvalue weighted by Crippen LogP contribution is 2.25. The maximum atomic E-state index is 11.4. The first-order valence-electron chi connectivity index (χ1n) is 6.14. The first-order valence-corrected chi connectivity index (χ1v) is 7.27. The molecule has 2 aromatic rings. The van der Waals surface area contributed by atoms with Crippen molar-refractivity contribution in [3.05, 3.63) is 40.2 Å². The van der Waals surface area contributed by atoms with Crippen molar-refractivity contribution in [3.63, 3.8) is 0 Å². The van der Waals surface area contributed by atoms with Gasteiger partial charge in [0.25, 0.3) is 0 Å². The fourth-order valence-corrected chi connectivity index (χ4v) is 1.87. The van der Waals surface area contributed by atoms with Gasteiger partial charge in [0.2, 0.25) is 0 Å². The van der Waals surface area contributed by atoms with E-state index < -0.39 is 0 Å². The van der Waals surface area contributed by atoms with E-state index in [2.05, 4.69) is 29.8 Å². The molecule has 1 aromatic heterocycles. The lowest BCUT2D eigenvalue weighted by Crippen LogP contribution is -2.22. The van der Waals surface area contributed by atoms with Crippen molar-refractivity contribution in [1.29, 1.82) is 0 Å². The second kappa shape index (κ2) is 5.37. The van der Waals surface area contributed by atoms with Gasteiger partial charge in [0.15, 0.2) is 0 Å². The van der Waals surface area contributed by atoms with Crippen LogP contribution in [-0.2, 0) is 0 Å². The van der Waals surface area contributed by atoms with Crippen molar-refractivity contribution < 1.29 is 9.15 Å². The zero-order valence-electron chi connectivity index (χ0n) is 11.3. The standard InChI is InChI=1S/C15H17BrO3/c1-10-6-14(17)19-13-7-11(4-5-12(10)13)18-9-15(2,3)8-16/h4-7H,8-9H2,1-3H3. The van der Waals surface area contributed by atoms with Gasteiger partial charge in [-0.15, -0.1) is 0 Å². The summed E-state index contributed by atoms with van der Waals surface area (Å²) in [6, 6.07) is 7.09. The monoisotopic (exact) mass is 324 g/mol. The minimum absolute atomic E-state index is 0.0579. The van der Waals surface area contributed by atoms with E-state index in [1.807, 2.05) is 19.1 Å². The van der Waals surface area contributed by atoms with Gasteiger partial charge in [-0.05, 0) is 24.6 Å². The fraction of sp³-hybridized carbons (Fsp3) is 0.400. The molecule has 1 aromatic carbocycles. The highest BCUT2D eigenvalue weighted by molar-refractivity contribution is 9.09. The molecule has 0 amide bonds. The molecule has 4 heteroatoms. The van der Waals surface area contributed by atoms with Crippen LogP contribution in [0.3, 0.4) is 0 Å². The molecular weight excluding hydrogens is 308 g/mol. The first-order chi connectivity index (χ1) is 8.91. The molecular formula is C15H17BrO3. The van der Waals surface area contributed by atoms with Gasteiger partial charge in [-0.3, -0.25) is 0 Å². The summed E-state index contributed by atoms with van der Waals surface area (Å²) in [4.78, 5) is 11.4. The molecule has 0 unspecified atom stereocenters. The Morgan fingerprint density at radius 3 is 2.74 bits per heavy atom. The summed E-state index contributed by atoms with van der Waals surface area (Å²) in [5.41, 5.74) is 1.21. The Kier molecular flexibility index (Phi) is 3.99. The average Bonchev–Trinajstić information content (AvgIpc) is 2.36. The maximum absolute atomic E-state index is 11.4. The highest BCUT2D eigenvalue weighted by Gasteiger charge is 2.17. The molecule has 0 atom stereocenters. The summed E-state index contributed by atoms with van der Waals surface area (Å²) in [5, 5.41) is 1.80. The quantitative estimate of drug-likeness (QED) is 0.632. The van der Waals surface area contributed by atoms with E-state index in [0.29, 0.717) is 12.2 Å². The van der Waals surface area contributed by atoms with Gasteiger partial charge in [-0.25, -0.2) is 4.79 Å². The Morgan fingerprint density at radius 2 is 2.05 bits per heavy atom. The molecule has 0 aliphatic rings. The van der Waals surface area contributed by atoms with Crippen LogP contribution in [0, 0.1) is 12.3 Å². The molecule has 0 saturated carbocycles. The van der Waals surface area contributed by atoms with Gasteiger partial charge in [-0.2, -0.15) is 0 Å². The molecule has 2 rings (SSSR count). The zero-order valence-corrected chi connectivity index (χ0v) is 12.9. The molecule has 0 fully saturated rings. The molecule has 0 saturated heterocycles. The Labute approximate surface area is 120 Å². The van der Waals surface area contributed by atoms with Crippen LogP contribution in [0.5, 0.6) is 5.75 Å². The summed E-state index contributed by atoms with van der Waals surface area (Å²) < 4.78 is 11.0. The van der Waals surface area contributed by atoms with Crippen molar-refractivity contribution >= 4 is 26.9 Å². The van der Waals surface area contributed by atoms with E-state index in [0.717, 1.165) is 22.0 Å². The van der Waals surface area contributed by atoms with E-state index >= 15 is 0 Å². The first kappa shape index (κ1) is 14.1. The van der Waals surface area contributed by atoms with E-state index in [1.54, 1.807) is 6.07 Å². The molecule has 0 aliphatic heterocycles. The summed E-state index contributed by atoms with van der Waals surface area (Å²) >= 11 is 3.46. The second-order valence-electron chi connectivity index (χ2n) is 5.49. The number of aryl methyl sites for hydroxylation is 1. The Balaban J connectivity index is 2.29. The van der Waals surface area contributed by atoms with E-state index in [9.17, 15) is 4.79 Å². The Bertz CT molecular complexity index is 643. The number of rotatable bonds is 4. The predicted octanol–water partition coefficient (Wildman–Crippen LogP) is 3.90. The van der Waals surface area contributed by atoms with Crippen molar-refractivity contribution in [2.75, 3.05) is 11.9 Å². The van der Waals surface area contributed by atoms with Crippen molar-refractivity contribution in [1.82, 2.24) is 0 Å². The van der Waals surface area contributed by atoms with Crippen molar-refractivity contribution in [2.24, 2.45) is 5.41 Å². The maximum Gasteiger partial charge on any atom is 0.336 e. The lowest BCUT2D eigenvalue weighted by molar-refractivity contribution is 0.203. The lowest BCUT2D eigenvalue weighted by atomic mass is 9.98. The van der Waals surface area contributed by atoms with Gasteiger partial charge in [0, 0.05) is 28.3 Å². The van der Waals surface area contributed by atoms with Gasteiger partial charge >= 0.3 is 5.63 Å². The van der Waals surface area contributed by atoms with Crippen LogP contribution >= 0.6 is 15.9 Å². The van der Waals surface area contributed by atoms with E-state index in [-0.39, 0.29) is 11.0 Å². The number of alkyl halides is 1. The molecule has 0 aliphatic carbocycles. The predicted molar refractivity (Wildman–Crippen MR) is 80.3 cm³/mol. The zero-order chi connectivity index (χ0) is 14.0. The third-order valence-electron chi connectivity index (χ3n) is 2.91. The van der Waals surface area contributed by atoms with Crippen molar-refractivity contribution in [3.8, 4) is 5.75 Å². The van der Waals surface area contributed by atoms with Crippen LogP contribution in [0.25, 0.3) is 11.0 Å². The normalized spacial score (nSPS) is 11.8. The van der Waals surface area contributed by atoms with E-state index in [4.69, 9.17) is 9.15 Å². The van der Waals surface area contributed by atoms with Gasteiger partial charge in [0.05, 0.1) is 6.61 Å². The number of fused-ring (bicyclic) bond motifs is 1. The second-order valence-corrected chi connectivity index (χ2v) is 6.05. The summed E-state index contributed by atoms with van der Waals surface area (Å²) in [6.45, 7) is 6.73. The molecule has 1 heterocycles. The molecule has 3 nitrogen and oxygen atoms in total. The lowest BCUT2D eigenvalue weighted by Gasteiger charge is -2.21. The molecule has 0 N–H and O–H groups in total. The number of benzene rings is 1. The number of ether oxygens (including phenoxy) is 1. The number of halogens is 1. The minimum Gasteiger partial charge on any atom is -0.493 e. The molecule has 0 radical (unpaired) electrons. The number of hydrogen-bond acceptors (Lipinski definition) is 3. The molecule has 0 bridgehead atoms. The molecule has 0 spiro atoms. The highest BCUT2D eigenvalue weighted by atomic mass is 79.9. The Hall–Kier alpha value is -1.29. The largest absolute Gasteiger partial charge is 0.493 e. The van der Waals surface area contributed by atoms with E-state index in [1.165, 1.54) is 6.07 Å². The van der Waals surface area contributed by atoms with Gasteiger partial charge in [0.1, 0.15) is 11.3 Å². The summed E-state index contributed by atoms with van der Waals surface area (Å²) in [7, 11) is 0. The summed E-state index contributed by atoms with van der Waals surface area (Å²) in [5.74, 6) is 0.718. The van der Waals surface area contributed by atoms with Crippen LogP contribution in [0.2, 0.25) is 0 Å². The minimum atomic E-state index is -0.331. The van der Waals surface area contributed by atoms with Crippen LogP contribution in [0.4, 0.5) is 0 Å². The summed E-state index contributed by atoms with van der Waals surface area (Å²) in [6.07, 6.45) is 0. The third-order valence-corrected chi connectivity index (χ3v) is 4.43. The molecule has 102 valence electrons. The van der Waals surface area contributed by atoms with Crippen LogP contribution in [0.1, 0.15) is 19.4 Å². The van der Waals surface area contributed by atoms with Crippen LogP contribution in [0.15, 0.2) is 33.5 Å². The average molecular weight is 325 g/mol. The molecule has 19 heavy (non-hydrogen) atoms. The van der Waals surface area contributed by atoms with Crippen molar-refractivity contribution in [2.45, 2.75) is 20.8 Å². The third kappa shape index (κ3) is 3.38. The number of hydrogen-bond donors (Lipinski definition) is 0.